The number of nitrogens with zero attached hydrogens (tertiary/aromatic N) is 2. The molecule has 1 amide bonds. The number of fused-ring (bicyclic) bond motifs is 3. The molecule has 0 saturated heterocycles. The Kier molecular flexibility index (Phi) is 4.04. The van der Waals surface area contributed by atoms with Crippen LogP contribution in [-0.4, -0.2) is 20.9 Å². The molecule has 0 radical (unpaired) electrons. The molecule has 1 atom stereocenters. The van der Waals surface area contributed by atoms with E-state index in [0.717, 1.165) is 9.86 Å². The van der Waals surface area contributed by atoms with Gasteiger partial charge in [0.15, 0.2) is 0 Å². The molecule has 0 aliphatic rings. The SMILES string of the molecule is NC(=O)C(Nc1ncnc2[nH]c3cc(F)ccc3c12)c1cccc(Br)c1. The number of carbonyl (C=O) groups excluding carboxylic acids is 1. The Bertz CT molecular complexity index is 1140. The summed E-state index contributed by atoms with van der Waals surface area (Å²) in [6.07, 6.45) is 1.37. The first-order valence-electron chi connectivity index (χ1n) is 7.76. The van der Waals surface area contributed by atoms with Crippen molar-refractivity contribution in [2.24, 2.45) is 5.73 Å². The number of aromatic nitrogens is 3. The van der Waals surface area contributed by atoms with Crippen molar-refractivity contribution >= 4 is 49.6 Å². The van der Waals surface area contributed by atoms with E-state index < -0.39 is 11.9 Å². The molecule has 0 bridgehead atoms. The molecule has 8 heteroatoms. The maximum Gasteiger partial charge on any atom is 0.244 e. The number of hydrogen-bond donors (Lipinski definition) is 3. The van der Waals surface area contributed by atoms with Crippen molar-refractivity contribution in [2.45, 2.75) is 6.04 Å². The van der Waals surface area contributed by atoms with E-state index in [0.29, 0.717) is 27.9 Å². The Hall–Kier alpha value is -3.00. The Morgan fingerprint density at radius 2 is 2.08 bits per heavy atom. The summed E-state index contributed by atoms with van der Waals surface area (Å²) in [6.45, 7) is 0. The molecule has 1 unspecified atom stereocenters. The lowest BCUT2D eigenvalue weighted by Gasteiger charge is -2.17. The Morgan fingerprint density at radius 3 is 2.85 bits per heavy atom. The summed E-state index contributed by atoms with van der Waals surface area (Å²) in [5.41, 5.74) is 7.44. The average molecular weight is 414 g/mol. The summed E-state index contributed by atoms with van der Waals surface area (Å²) in [6, 6.07) is 10.9. The van der Waals surface area contributed by atoms with Crippen LogP contribution in [0.25, 0.3) is 21.9 Å². The first kappa shape index (κ1) is 16.5. The number of primary amides is 1. The predicted octanol–water partition coefficient (Wildman–Crippen LogP) is 3.65. The summed E-state index contributed by atoms with van der Waals surface area (Å²) >= 11 is 3.39. The topological polar surface area (TPSA) is 96.7 Å². The summed E-state index contributed by atoms with van der Waals surface area (Å²) in [5, 5.41) is 4.52. The highest BCUT2D eigenvalue weighted by molar-refractivity contribution is 9.10. The maximum atomic E-state index is 13.5. The second-order valence-electron chi connectivity index (χ2n) is 5.80. The van der Waals surface area contributed by atoms with Gasteiger partial charge in [-0.25, -0.2) is 14.4 Å². The van der Waals surface area contributed by atoms with Crippen molar-refractivity contribution in [1.29, 1.82) is 0 Å². The van der Waals surface area contributed by atoms with Crippen LogP contribution in [0.1, 0.15) is 11.6 Å². The minimum atomic E-state index is -0.781. The maximum absolute atomic E-state index is 13.5. The quantitative estimate of drug-likeness (QED) is 0.475. The van der Waals surface area contributed by atoms with Gasteiger partial charge < -0.3 is 16.0 Å². The molecule has 0 aliphatic heterocycles. The van der Waals surface area contributed by atoms with E-state index >= 15 is 0 Å². The van der Waals surface area contributed by atoms with E-state index in [2.05, 4.69) is 36.2 Å². The van der Waals surface area contributed by atoms with Crippen molar-refractivity contribution in [2.75, 3.05) is 5.32 Å². The average Bonchev–Trinajstić information content (AvgIpc) is 2.97. The Morgan fingerprint density at radius 1 is 1.23 bits per heavy atom. The van der Waals surface area contributed by atoms with Crippen LogP contribution in [0, 0.1) is 5.82 Å². The number of H-pyrrole nitrogens is 1. The van der Waals surface area contributed by atoms with Crippen LogP contribution >= 0.6 is 15.9 Å². The number of aromatic amines is 1. The van der Waals surface area contributed by atoms with Crippen molar-refractivity contribution in [3.63, 3.8) is 0 Å². The van der Waals surface area contributed by atoms with Gasteiger partial charge in [0, 0.05) is 9.86 Å². The first-order chi connectivity index (χ1) is 12.5. The second kappa shape index (κ2) is 6.38. The van der Waals surface area contributed by atoms with E-state index in [1.807, 2.05) is 18.2 Å². The Balaban J connectivity index is 1.85. The van der Waals surface area contributed by atoms with Gasteiger partial charge in [-0.15, -0.1) is 0 Å². The lowest BCUT2D eigenvalue weighted by molar-refractivity contribution is -0.118. The van der Waals surface area contributed by atoms with Crippen molar-refractivity contribution < 1.29 is 9.18 Å². The van der Waals surface area contributed by atoms with Gasteiger partial charge in [-0.05, 0) is 35.9 Å². The number of rotatable bonds is 4. The largest absolute Gasteiger partial charge is 0.368 e. The standard InChI is InChI=1S/C18H13BrFN5O/c19-10-3-1-2-9(6-10)15(16(21)26)25-18-14-12-5-4-11(20)7-13(12)24-17(14)22-8-23-18/h1-8,15H,(H2,21,26)(H2,22,23,24,25). The third-order valence-electron chi connectivity index (χ3n) is 4.10. The number of amides is 1. The van der Waals surface area contributed by atoms with E-state index in [9.17, 15) is 9.18 Å². The molecule has 2 aromatic carbocycles. The molecule has 0 fully saturated rings. The highest BCUT2D eigenvalue weighted by Gasteiger charge is 2.21. The molecule has 6 nitrogen and oxygen atoms in total. The number of halogens is 2. The van der Waals surface area contributed by atoms with Crippen LogP contribution in [0.5, 0.6) is 0 Å². The number of nitrogens with two attached hydrogens (primary N) is 1. The summed E-state index contributed by atoms with van der Waals surface area (Å²) in [7, 11) is 0. The highest BCUT2D eigenvalue weighted by atomic mass is 79.9. The molecular weight excluding hydrogens is 401 g/mol. The van der Waals surface area contributed by atoms with Gasteiger partial charge in [0.2, 0.25) is 5.91 Å². The number of anilines is 1. The molecule has 0 aliphatic carbocycles. The molecular formula is C18H13BrFN5O. The highest BCUT2D eigenvalue weighted by Crippen LogP contribution is 2.31. The smallest absolute Gasteiger partial charge is 0.244 e. The zero-order valence-electron chi connectivity index (χ0n) is 13.3. The minimum absolute atomic E-state index is 0.351. The molecule has 2 heterocycles. The van der Waals surface area contributed by atoms with E-state index in [1.165, 1.54) is 18.5 Å². The molecule has 130 valence electrons. The van der Waals surface area contributed by atoms with Crippen molar-refractivity contribution in [1.82, 2.24) is 15.0 Å². The first-order valence-corrected chi connectivity index (χ1v) is 8.55. The van der Waals surface area contributed by atoms with Crippen molar-refractivity contribution in [3.8, 4) is 0 Å². The summed E-state index contributed by atoms with van der Waals surface area (Å²) in [4.78, 5) is 23.6. The fourth-order valence-electron chi connectivity index (χ4n) is 2.95. The summed E-state index contributed by atoms with van der Waals surface area (Å²) < 4.78 is 14.3. The van der Waals surface area contributed by atoms with Crippen LogP contribution in [0.4, 0.5) is 10.2 Å². The van der Waals surface area contributed by atoms with Crippen molar-refractivity contribution in [3.05, 3.63) is 64.6 Å². The zero-order valence-corrected chi connectivity index (χ0v) is 14.9. The fraction of sp³-hybridized carbons (Fsp3) is 0.0556. The molecule has 2 aromatic heterocycles. The van der Waals surface area contributed by atoms with E-state index in [1.54, 1.807) is 12.1 Å². The van der Waals surface area contributed by atoms with E-state index in [-0.39, 0.29) is 5.82 Å². The minimum Gasteiger partial charge on any atom is -0.368 e. The molecule has 0 spiro atoms. The van der Waals surface area contributed by atoms with Gasteiger partial charge in [-0.1, -0.05) is 28.1 Å². The van der Waals surface area contributed by atoms with Gasteiger partial charge in [-0.2, -0.15) is 0 Å². The van der Waals surface area contributed by atoms with Gasteiger partial charge >= 0.3 is 0 Å². The third-order valence-corrected chi connectivity index (χ3v) is 4.59. The molecule has 4 N–H and O–H groups in total. The number of nitrogens with one attached hydrogen (secondary N) is 2. The number of carbonyl (C=O) groups is 1. The van der Waals surface area contributed by atoms with Crippen LogP contribution in [0.15, 0.2) is 53.3 Å². The van der Waals surface area contributed by atoms with Crippen LogP contribution in [0.3, 0.4) is 0 Å². The molecule has 0 saturated carbocycles. The van der Waals surface area contributed by atoms with Gasteiger partial charge in [-0.3, -0.25) is 4.79 Å². The monoisotopic (exact) mass is 413 g/mol. The normalized spacial score (nSPS) is 12.4. The molecule has 26 heavy (non-hydrogen) atoms. The second-order valence-corrected chi connectivity index (χ2v) is 6.71. The number of hydrogen-bond acceptors (Lipinski definition) is 4. The van der Waals surface area contributed by atoms with Crippen LogP contribution in [-0.2, 0) is 4.79 Å². The molecule has 4 rings (SSSR count). The fourth-order valence-corrected chi connectivity index (χ4v) is 3.37. The van der Waals surface area contributed by atoms with Gasteiger partial charge in [0.1, 0.15) is 29.7 Å². The predicted molar refractivity (Wildman–Crippen MR) is 101 cm³/mol. The van der Waals surface area contributed by atoms with Crippen LogP contribution in [0.2, 0.25) is 0 Å². The van der Waals surface area contributed by atoms with Gasteiger partial charge in [0.05, 0.1) is 10.9 Å². The van der Waals surface area contributed by atoms with Crippen LogP contribution < -0.4 is 11.1 Å². The lowest BCUT2D eigenvalue weighted by Crippen LogP contribution is -2.28. The summed E-state index contributed by atoms with van der Waals surface area (Å²) in [5.74, 6) is -0.451. The Labute approximate surface area is 155 Å². The number of benzene rings is 2. The van der Waals surface area contributed by atoms with E-state index in [4.69, 9.17) is 5.73 Å². The lowest BCUT2D eigenvalue weighted by atomic mass is 10.1. The third kappa shape index (κ3) is 2.88. The van der Waals surface area contributed by atoms with Gasteiger partial charge in [0.25, 0.3) is 0 Å². The molecule has 4 aromatic rings. The zero-order chi connectivity index (χ0) is 18.3.